The molecule has 0 saturated carbocycles. The minimum absolute atomic E-state index is 0.112. The smallest absolute Gasteiger partial charge is 0.220 e. The topological polar surface area (TPSA) is 55.1 Å². The molecule has 1 rings (SSSR count). The van der Waals surface area contributed by atoms with Crippen LogP contribution in [0.25, 0.3) is 0 Å². The predicted octanol–water partition coefficient (Wildman–Crippen LogP) is 2.05. The van der Waals surface area contributed by atoms with Crippen molar-refractivity contribution in [3.05, 3.63) is 35.4 Å². The fourth-order valence-corrected chi connectivity index (χ4v) is 1.59. The van der Waals surface area contributed by atoms with Crippen molar-refractivity contribution in [3.63, 3.8) is 0 Å². The summed E-state index contributed by atoms with van der Waals surface area (Å²) >= 11 is 0. The minimum Gasteiger partial charge on any atom is -0.352 e. The molecule has 19 heavy (non-hydrogen) atoms. The predicted molar refractivity (Wildman–Crippen MR) is 78.3 cm³/mol. The second kappa shape index (κ2) is 8.34. The van der Waals surface area contributed by atoms with Crippen LogP contribution in [-0.2, 0) is 11.3 Å². The molecule has 1 unspecified atom stereocenters. The van der Waals surface area contributed by atoms with E-state index in [2.05, 4.69) is 31.0 Å². The van der Waals surface area contributed by atoms with Crippen molar-refractivity contribution in [2.75, 3.05) is 6.54 Å². The number of amides is 1. The third-order valence-electron chi connectivity index (χ3n) is 3.01. The molecule has 0 fully saturated rings. The number of carbonyl (C=O) groups excluding carboxylic acids is 1. The molecule has 1 aromatic rings. The molecule has 0 aromatic heterocycles. The van der Waals surface area contributed by atoms with Crippen LogP contribution in [0.1, 0.15) is 37.8 Å². The van der Waals surface area contributed by atoms with Crippen molar-refractivity contribution in [3.8, 4) is 11.8 Å². The van der Waals surface area contributed by atoms with Crippen LogP contribution in [0, 0.1) is 17.8 Å². The van der Waals surface area contributed by atoms with Crippen LogP contribution in [0.2, 0.25) is 0 Å². The number of carbonyl (C=O) groups is 1. The molecular weight excluding hydrogens is 236 g/mol. The highest BCUT2D eigenvalue weighted by atomic mass is 16.1. The highest BCUT2D eigenvalue weighted by Crippen LogP contribution is 2.07. The van der Waals surface area contributed by atoms with E-state index in [4.69, 9.17) is 5.73 Å². The van der Waals surface area contributed by atoms with Gasteiger partial charge in [-0.2, -0.15) is 0 Å². The average Bonchev–Trinajstić information content (AvgIpc) is 2.43. The molecule has 1 atom stereocenters. The highest BCUT2D eigenvalue weighted by molar-refractivity contribution is 5.76. The van der Waals surface area contributed by atoms with Gasteiger partial charge in [0.2, 0.25) is 5.91 Å². The summed E-state index contributed by atoms with van der Waals surface area (Å²) < 4.78 is 0. The summed E-state index contributed by atoms with van der Waals surface area (Å²) in [6.45, 7) is 5.12. The molecular formula is C16H22N2O. The molecule has 102 valence electrons. The quantitative estimate of drug-likeness (QED) is 0.794. The van der Waals surface area contributed by atoms with Crippen LogP contribution < -0.4 is 11.1 Å². The second-order valence-electron chi connectivity index (χ2n) is 4.70. The van der Waals surface area contributed by atoms with Crippen molar-refractivity contribution < 1.29 is 4.79 Å². The maximum atomic E-state index is 11.6. The molecule has 3 N–H and O–H groups in total. The Balaban J connectivity index is 2.43. The second-order valence-corrected chi connectivity index (χ2v) is 4.70. The van der Waals surface area contributed by atoms with Crippen molar-refractivity contribution >= 4 is 5.91 Å². The van der Waals surface area contributed by atoms with Crippen molar-refractivity contribution in [1.29, 1.82) is 0 Å². The van der Waals surface area contributed by atoms with Gasteiger partial charge in [-0.1, -0.05) is 44.2 Å². The number of nitrogens with two attached hydrogens (primary N) is 1. The van der Waals surface area contributed by atoms with Crippen LogP contribution in [0.15, 0.2) is 24.3 Å². The molecule has 0 radical (unpaired) electrons. The summed E-state index contributed by atoms with van der Waals surface area (Å²) in [5.74, 6) is 6.33. The zero-order valence-electron chi connectivity index (χ0n) is 11.7. The average molecular weight is 258 g/mol. The molecule has 0 bridgehead atoms. The number of hydrogen-bond donors (Lipinski definition) is 2. The molecule has 0 aliphatic heterocycles. The summed E-state index contributed by atoms with van der Waals surface area (Å²) in [6, 6.07) is 7.84. The summed E-state index contributed by atoms with van der Waals surface area (Å²) in [7, 11) is 0. The molecule has 1 amide bonds. The van der Waals surface area contributed by atoms with Gasteiger partial charge >= 0.3 is 0 Å². The van der Waals surface area contributed by atoms with Gasteiger partial charge in [-0.3, -0.25) is 4.79 Å². The third kappa shape index (κ3) is 6.08. The van der Waals surface area contributed by atoms with E-state index in [-0.39, 0.29) is 5.91 Å². The van der Waals surface area contributed by atoms with E-state index in [0.29, 0.717) is 25.4 Å². The number of benzene rings is 1. The lowest BCUT2D eigenvalue weighted by Crippen LogP contribution is -2.24. The molecule has 0 aliphatic carbocycles. The lowest BCUT2D eigenvalue weighted by atomic mass is 10.0. The number of hydrogen-bond acceptors (Lipinski definition) is 2. The lowest BCUT2D eigenvalue weighted by molar-refractivity contribution is -0.122. The zero-order valence-corrected chi connectivity index (χ0v) is 11.7. The first-order chi connectivity index (χ1) is 9.15. The van der Waals surface area contributed by atoms with Crippen molar-refractivity contribution in [2.45, 2.75) is 33.2 Å². The van der Waals surface area contributed by atoms with E-state index in [1.807, 2.05) is 24.3 Å². The fourth-order valence-electron chi connectivity index (χ4n) is 1.59. The summed E-state index contributed by atoms with van der Waals surface area (Å²) in [5.41, 5.74) is 7.34. The van der Waals surface area contributed by atoms with Crippen molar-refractivity contribution in [1.82, 2.24) is 5.32 Å². The van der Waals surface area contributed by atoms with Gasteiger partial charge < -0.3 is 11.1 Å². The standard InChI is InChI=1S/C16H22N2O/c1-3-13(2)11-16(19)18-12-15-8-6-14(7-9-15)5-4-10-17/h6-9,13H,3,10-12,17H2,1-2H3,(H,18,19). The fraction of sp³-hybridized carbons (Fsp3) is 0.438. The minimum atomic E-state index is 0.112. The molecule has 0 saturated heterocycles. The Morgan fingerprint density at radius 2 is 2.05 bits per heavy atom. The van der Waals surface area contributed by atoms with Crippen LogP contribution in [0.5, 0.6) is 0 Å². The first kappa shape index (κ1) is 15.3. The largest absolute Gasteiger partial charge is 0.352 e. The molecule has 1 aromatic carbocycles. The van der Waals surface area contributed by atoms with Gasteiger partial charge in [0.05, 0.1) is 6.54 Å². The van der Waals surface area contributed by atoms with E-state index in [1.165, 1.54) is 0 Å². The lowest BCUT2D eigenvalue weighted by Gasteiger charge is -2.09. The first-order valence-electron chi connectivity index (χ1n) is 6.70. The van der Waals surface area contributed by atoms with E-state index in [0.717, 1.165) is 17.5 Å². The Morgan fingerprint density at radius 3 is 2.63 bits per heavy atom. The number of rotatable bonds is 5. The summed E-state index contributed by atoms with van der Waals surface area (Å²) in [6.07, 6.45) is 1.62. The Hall–Kier alpha value is -1.79. The van der Waals surface area contributed by atoms with Crippen LogP contribution in [0.4, 0.5) is 0 Å². The van der Waals surface area contributed by atoms with Gasteiger partial charge in [0.1, 0.15) is 0 Å². The van der Waals surface area contributed by atoms with Gasteiger partial charge in [-0.25, -0.2) is 0 Å². The highest BCUT2D eigenvalue weighted by Gasteiger charge is 2.06. The molecule has 3 heteroatoms. The maximum Gasteiger partial charge on any atom is 0.220 e. The van der Waals surface area contributed by atoms with Gasteiger partial charge in [-0.05, 0) is 23.6 Å². The molecule has 0 spiro atoms. The normalized spacial score (nSPS) is 11.3. The van der Waals surface area contributed by atoms with Crippen LogP contribution in [0.3, 0.4) is 0 Å². The van der Waals surface area contributed by atoms with Crippen LogP contribution in [-0.4, -0.2) is 12.5 Å². The Bertz CT molecular complexity index is 454. The van der Waals surface area contributed by atoms with E-state index in [9.17, 15) is 4.79 Å². The first-order valence-corrected chi connectivity index (χ1v) is 6.70. The van der Waals surface area contributed by atoms with E-state index >= 15 is 0 Å². The van der Waals surface area contributed by atoms with Gasteiger partial charge in [0.25, 0.3) is 0 Å². The number of nitrogens with one attached hydrogen (secondary N) is 1. The molecule has 3 nitrogen and oxygen atoms in total. The Morgan fingerprint density at radius 1 is 1.37 bits per heavy atom. The Kier molecular flexibility index (Phi) is 6.70. The molecule has 0 heterocycles. The molecule has 0 aliphatic rings. The summed E-state index contributed by atoms with van der Waals surface area (Å²) in [5, 5.41) is 2.93. The monoisotopic (exact) mass is 258 g/mol. The SMILES string of the molecule is CCC(C)CC(=O)NCc1ccc(C#CCN)cc1. The van der Waals surface area contributed by atoms with Gasteiger partial charge in [0.15, 0.2) is 0 Å². The maximum absolute atomic E-state index is 11.6. The van der Waals surface area contributed by atoms with Gasteiger partial charge in [0, 0.05) is 18.5 Å². The summed E-state index contributed by atoms with van der Waals surface area (Å²) in [4.78, 5) is 11.6. The van der Waals surface area contributed by atoms with Crippen molar-refractivity contribution in [2.24, 2.45) is 11.7 Å². The van der Waals surface area contributed by atoms with E-state index < -0.39 is 0 Å². The van der Waals surface area contributed by atoms with E-state index in [1.54, 1.807) is 0 Å². The Labute approximate surface area is 115 Å². The van der Waals surface area contributed by atoms with Crippen LogP contribution >= 0.6 is 0 Å². The zero-order chi connectivity index (χ0) is 14.1. The third-order valence-corrected chi connectivity index (χ3v) is 3.01. The van der Waals surface area contributed by atoms with Gasteiger partial charge in [-0.15, -0.1) is 0 Å².